The first-order chi connectivity index (χ1) is 12.7. The van der Waals surface area contributed by atoms with Crippen LogP contribution in [0.1, 0.15) is 17.5 Å². The second-order valence-corrected chi connectivity index (χ2v) is 7.31. The topological polar surface area (TPSA) is 41.9 Å². The fourth-order valence-corrected chi connectivity index (χ4v) is 3.87. The highest BCUT2D eigenvalue weighted by atomic mass is 79.9. The first-order valence-corrected chi connectivity index (χ1v) is 9.91. The van der Waals surface area contributed by atoms with Gasteiger partial charge in [0.1, 0.15) is 5.75 Å². The number of benzene rings is 2. The smallest absolute Gasteiger partial charge is 0.122 e. The van der Waals surface area contributed by atoms with Gasteiger partial charge in [-0.3, -0.25) is 4.90 Å². The fraction of sp³-hybridized carbons (Fsp3) is 0.429. The van der Waals surface area contributed by atoms with Gasteiger partial charge in [-0.25, -0.2) is 0 Å². The van der Waals surface area contributed by atoms with Gasteiger partial charge in [-0.1, -0.05) is 30.3 Å². The van der Waals surface area contributed by atoms with E-state index in [2.05, 4.69) is 39.9 Å². The second kappa shape index (κ2) is 9.51. The Morgan fingerprint density at radius 2 is 1.85 bits per heavy atom. The maximum Gasteiger partial charge on any atom is 0.122 e. The molecule has 0 bridgehead atoms. The Morgan fingerprint density at radius 3 is 2.62 bits per heavy atom. The molecule has 1 aliphatic rings. The van der Waals surface area contributed by atoms with Crippen LogP contribution in [0.3, 0.4) is 0 Å². The molecule has 1 fully saturated rings. The van der Waals surface area contributed by atoms with Crippen molar-refractivity contribution in [2.45, 2.75) is 20.0 Å². The summed E-state index contributed by atoms with van der Waals surface area (Å²) < 4.78 is 12.4. The van der Waals surface area contributed by atoms with Gasteiger partial charge in [-0.05, 0) is 57.6 Å². The molecule has 3 rings (SSSR count). The van der Waals surface area contributed by atoms with Crippen molar-refractivity contribution in [3.05, 3.63) is 52.0 Å². The van der Waals surface area contributed by atoms with Crippen molar-refractivity contribution in [1.82, 2.24) is 4.90 Å². The van der Waals surface area contributed by atoms with Crippen LogP contribution >= 0.6 is 15.9 Å². The van der Waals surface area contributed by atoms with Gasteiger partial charge in [0.05, 0.1) is 26.4 Å². The second-order valence-electron chi connectivity index (χ2n) is 6.52. The van der Waals surface area contributed by atoms with Crippen LogP contribution in [0.15, 0.2) is 40.9 Å². The molecule has 1 heterocycles. The van der Waals surface area contributed by atoms with Crippen molar-refractivity contribution in [2.24, 2.45) is 0 Å². The van der Waals surface area contributed by atoms with E-state index in [0.29, 0.717) is 6.61 Å². The van der Waals surface area contributed by atoms with Crippen LogP contribution in [0.25, 0.3) is 11.1 Å². The molecule has 2 aromatic carbocycles. The molecule has 1 aliphatic heterocycles. The van der Waals surface area contributed by atoms with E-state index in [0.717, 1.165) is 71.7 Å². The predicted octanol–water partition coefficient (Wildman–Crippen LogP) is 4.02. The maximum absolute atomic E-state index is 9.50. The molecule has 0 amide bonds. The zero-order chi connectivity index (χ0) is 18.4. The molecular formula is C21H26BrNO3. The fourth-order valence-electron chi connectivity index (χ4n) is 3.27. The van der Waals surface area contributed by atoms with Gasteiger partial charge >= 0.3 is 0 Å². The summed E-state index contributed by atoms with van der Waals surface area (Å²) in [6, 6.07) is 12.1. The standard InChI is InChI=1S/C21H26BrNO3/c1-16-18(19-7-2-5-17(15-24)21(19)22)6-3-8-20(16)26-12-4-9-23-10-13-25-14-11-23/h2-3,5-8,24H,4,9-15H2,1H3. The van der Waals surface area contributed by atoms with E-state index in [1.54, 1.807) is 0 Å². The van der Waals surface area contributed by atoms with E-state index in [-0.39, 0.29) is 6.61 Å². The molecule has 140 valence electrons. The molecule has 4 nitrogen and oxygen atoms in total. The van der Waals surface area contributed by atoms with Crippen LogP contribution in [0.4, 0.5) is 0 Å². The molecule has 0 saturated carbocycles. The SMILES string of the molecule is Cc1c(OCCCN2CCOCC2)cccc1-c1cccc(CO)c1Br. The molecule has 1 saturated heterocycles. The number of nitrogens with zero attached hydrogens (tertiary/aromatic N) is 1. The number of rotatable bonds is 7. The van der Waals surface area contributed by atoms with Gasteiger partial charge in [-0.2, -0.15) is 0 Å². The van der Waals surface area contributed by atoms with Gasteiger partial charge in [0.15, 0.2) is 0 Å². The minimum absolute atomic E-state index is 0.0190. The van der Waals surface area contributed by atoms with Gasteiger partial charge in [0.2, 0.25) is 0 Å². The van der Waals surface area contributed by atoms with E-state index >= 15 is 0 Å². The van der Waals surface area contributed by atoms with E-state index < -0.39 is 0 Å². The minimum atomic E-state index is 0.0190. The van der Waals surface area contributed by atoms with Gasteiger partial charge in [0.25, 0.3) is 0 Å². The summed E-state index contributed by atoms with van der Waals surface area (Å²) >= 11 is 3.63. The first-order valence-electron chi connectivity index (χ1n) is 9.12. The lowest BCUT2D eigenvalue weighted by molar-refractivity contribution is 0.0358. The monoisotopic (exact) mass is 419 g/mol. The third-order valence-corrected chi connectivity index (χ3v) is 5.74. The summed E-state index contributed by atoms with van der Waals surface area (Å²) in [4.78, 5) is 2.42. The number of aliphatic hydroxyl groups is 1. The molecule has 0 atom stereocenters. The number of morpholine rings is 1. The molecule has 0 aromatic heterocycles. The zero-order valence-electron chi connectivity index (χ0n) is 15.2. The van der Waals surface area contributed by atoms with Crippen LogP contribution in [0.5, 0.6) is 5.75 Å². The molecule has 0 radical (unpaired) electrons. The third-order valence-electron chi connectivity index (χ3n) is 4.80. The zero-order valence-corrected chi connectivity index (χ0v) is 16.8. The molecule has 1 N–H and O–H groups in total. The van der Waals surface area contributed by atoms with Crippen LogP contribution in [-0.2, 0) is 11.3 Å². The molecule has 0 unspecified atom stereocenters. The minimum Gasteiger partial charge on any atom is -0.493 e. The Balaban J connectivity index is 1.65. The number of ether oxygens (including phenoxy) is 2. The van der Waals surface area contributed by atoms with Crippen molar-refractivity contribution >= 4 is 15.9 Å². The lowest BCUT2D eigenvalue weighted by Crippen LogP contribution is -2.37. The Bertz CT molecular complexity index is 729. The van der Waals surface area contributed by atoms with E-state index in [1.165, 1.54) is 0 Å². The maximum atomic E-state index is 9.50. The average Bonchev–Trinajstić information content (AvgIpc) is 2.68. The van der Waals surface area contributed by atoms with Gasteiger partial charge < -0.3 is 14.6 Å². The Labute approximate surface area is 163 Å². The van der Waals surface area contributed by atoms with Gasteiger partial charge in [0, 0.05) is 24.1 Å². The Morgan fingerprint density at radius 1 is 1.12 bits per heavy atom. The summed E-state index contributed by atoms with van der Waals surface area (Å²) in [6.45, 7) is 7.57. The first kappa shape index (κ1) is 19.4. The number of hydrogen-bond acceptors (Lipinski definition) is 4. The quantitative estimate of drug-likeness (QED) is 0.688. The summed E-state index contributed by atoms with van der Waals surface area (Å²) in [6.07, 6.45) is 1.01. The van der Waals surface area contributed by atoms with Crippen LogP contribution < -0.4 is 4.74 Å². The summed E-state index contributed by atoms with van der Waals surface area (Å²) in [5.41, 5.74) is 4.21. The number of aliphatic hydroxyl groups excluding tert-OH is 1. The Kier molecular flexibility index (Phi) is 7.08. The lowest BCUT2D eigenvalue weighted by atomic mass is 9.98. The Hall–Kier alpha value is -1.40. The molecule has 0 spiro atoms. The highest BCUT2D eigenvalue weighted by molar-refractivity contribution is 9.10. The summed E-state index contributed by atoms with van der Waals surface area (Å²) in [5.74, 6) is 0.922. The largest absolute Gasteiger partial charge is 0.493 e. The van der Waals surface area contributed by atoms with Crippen molar-refractivity contribution in [3.63, 3.8) is 0 Å². The van der Waals surface area contributed by atoms with E-state index in [9.17, 15) is 5.11 Å². The summed E-state index contributed by atoms with van der Waals surface area (Å²) in [5, 5.41) is 9.50. The predicted molar refractivity (Wildman–Crippen MR) is 108 cm³/mol. The molecule has 26 heavy (non-hydrogen) atoms. The van der Waals surface area contributed by atoms with Gasteiger partial charge in [-0.15, -0.1) is 0 Å². The van der Waals surface area contributed by atoms with Crippen molar-refractivity contribution in [1.29, 1.82) is 0 Å². The number of halogens is 1. The van der Waals surface area contributed by atoms with Crippen LogP contribution in [-0.4, -0.2) is 49.5 Å². The normalized spacial score (nSPS) is 15.2. The average molecular weight is 420 g/mol. The van der Waals surface area contributed by atoms with Crippen LogP contribution in [0.2, 0.25) is 0 Å². The number of hydrogen-bond donors (Lipinski definition) is 1. The molecule has 5 heteroatoms. The molecule has 0 aliphatic carbocycles. The summed E-state index contributed by atoms with van der Waals surface area (Å²) in [7, 11) is 0. The molecule has 2 aromatic rings. The highest BCUT2D eigenvalue weighted by Crippen LogP contribution is 2.36. The van der Waals surface area contributed by atoms with Crippen molar-refractivity contribution in [2.75, 3.05) is 39.5 Å². The molecular weight excluding hydrogens is 394 g/mol. The highest BCUT2D eigenvalue weighted by Gasteiger charge is 2.13. The van der Waals surface area contributed by atoms with Crippen molar-refractivity contribution < 1.29 is 14.6 Å². The van der Waals surface area contributed by atoms with Crippen molar-refractivity contribution in [3.8, 4) is 16.9 Å². The third kappa shape index (κ3) is 4.65. The van der Waals surface area contributed by atoms with Crippen LogP contribution in [0, 0.1) is 6.92 Å². The van der Waals surface area contributed by atoms with E-state index in [1.807, 2.05) is 24.3 Å². The van der Waals surface area contributed by atoms with E-state index in [4.69, 9.17) is 9.47 Å². The lowest BCUT2D eigenvalue weighted by Gasteiger charge is -2.26.